The van der Waals surface area contributed by atoms with Crippen LogP contribution in [0.4, 0.5) is 5.82 Å². The van der Waals surface area contributed by atoms with E-state index in [2.05, 4.69) is 20.4 Å². The second-order valence-corrected chi connectivity index (χ2v) is 7.38. The van der Waals surface area contributed by atoms with Gasteiger partial charge in [0.25, 0.3) is 11.5 Å². The zero-order valence-electron chi connectivity index (χ0n) is 17.4. The molecule has 2 N–H and O–H groups in total. The van der Waals surface area contributed by atoms with Crippen molar-refractivity contribution in [2.45, 2.75) is 26.2 Å². The first-order valence-electron chi connectivity index (χ1n) is 10.4. The fraction of sp³-hybridized carbons (Fsp3) is 0.217. The summed E-state index contributed by atoms with van der Waals surface area (Å²) in [6.07, 6.45) is 3.90. The molecule has 1 aromatic carbocycles. The highest BCUT2D eigenvalue weighted by Gasteiger charge is 2.21. The van der Waals surface area contributed by atoms with Crippen molar-refractivity contribution in [3.63, 3.8) is 0 Å². The van der Waals surface area contributed by atoms with Crippen molar-refractivity contribution in [2.24, 2.45) is 0 Å². The molecule has 1 aliphatic carbocycles. The van der Waals surface area contributed by atoms with Gasteiger partial charge in [-0.3, -0.25) is 14.6 Å². The molecule has 4 aromatic rings. The van der Waals surface area contributed by atoms with E-state index in [1.807, 2.05) is 6.92 Å². The lowest BCUT2D eigenvalue weighted by molar-refractivity contribution is 0.102. The first-order valence-corrected chi connectivity index (χ1v) is 10.4. The first kappa shape index (κ1) is 19.8. The zero-order chi connectivity index (χ0) is 22.1. The number of rotatable bonds is 6. The average molecular weight is 431 g/mol. The number of aromatic nitrogens is 4. The van der Waals surface area contributed by atoms with Crippen molar-refractivity contribution in [3.05, 3.63) is 75.9 Å². The van der Waals surface area contributed by atoms with Crippen LogP contribution in [-0.2, 0) is 12.8 Å². The number of furan rings is 1. The van der Waals surface area contributed by atoms with Crippen LogP contribution in [0.2, 0.25) is 0 Å². The number of carbonyl (C=O) groups is 1. The molecule has 0 unspecified atom stereocenters. The summed E-state index contributed by atoms with van der Waals surface area (Å²) in [6.45, 7) is 2.45. The number of aryl methyl sites for hydroxylation is 1. The molecule has 0 saturated heterocycles. The maximum absolute atomic E-state index is 12.9. The van der Waals surface area contributed by atoms with E-state index in [4.69, 9.17) is 9.15 Å². The molecule has 9 nitrogen and oxygen atoms in total. The summed E-state index contributed by atoms with van der Waals surface area (Å²) >= 11 is 0. The zero-order valence-corrected chi connectivity index (χ0v) is 17.4. The number of ether oxygens (including phenoxy) is 1. The number of nitrogens with zero attached hydrogens (tertiary/aromatic N) is 3. The van der Waals surface area contributed by atoms with Gasteiger partial charge in [0.2, 0.25) is 5.95 Å². The summed E-state index contributed by atoms with van der Waals surface area (Å²) < 4.78 is 12.3. The molecule has 0 saturated carbocycles. The predicted molar refractivity (Wildman–Crippen MR) is 117 cm³/mol. The van der Waals surface area contributed by atoms with E-state index in [9.17, 15) is 9.59 Å². The van der Waals surface area contributed by atoms with Crippen molar-refractivity contribution in [1.29, 1.82) is 0 Å². The summed E-state index contributed by atoms with van der Waals surface area (Å²) in [7, 11) is 0. The highest BCUT2D eigenvalue weighted by molar-refractivity contribution is 6.04. The van der Waals surface area contributed by atoms with E-state index in [1.165, 1.54) is 4.68 Å². The summed E-state index contributed by atoms with van der Waals surface area (Å²) in [5, 5.41) is 7.39. The van der Waals surface area contributed by atoms with Crippen molar-refractivity contribution in [2.75, 3.05) is 11.9 Å². The number of hydrogen-bond donors (Lipinski definition) is 2. The van der Waals surface area contributed by atoms with Crippen LogP contribution in [-0.4, -0.2) is 32.3 Å². The number of aromatic amines is 1. The van der Waals surface area contributed by atoms with E-state index in [-0.39, 0.29) is 17.4 Å². The Bertz CT molecular complexity index is 1320. The topological polar surface area (TPSA) is 115 Å². The molecule has 0 spiro atoms. The Morgan fingerprint density at radius 3 is 2.84 bits per heavy atom. The van der Waals surface area contributed by atoms with Crippen molar-refractivity contribution >= 4 is 11.7 Å². The minimum Gasteiger partial charge on any atom is -0.494 e. The fourth-order valence-corrected chi connectivity index (χ4v) is 3.76. The molecule has 0 atom stereocenters. The van der Waals surface area contributed by atoms with Crippen LogP contribution >= 0.6 is 0 Å². The molecule has 0 aliphatic heterocycles. The molecular weight excluding hydrogens is 410 g/mol. The van der Waals surface area contributed by atoms with E-state index in [0.29, 0.717) is 40.8 Å². The number of carbonyl (C=O) groups excluding carboxylic acids is 1. The molecule has 5 rings (SSSR count). The number of anilines is 1. The monoisotopic (exact) mass is 431 g/mol. The summed E-state index contributed by atoms with van der Waals surface area (Å²) in [5.41, 5.74) is 2.26. The van der Waals surface area contributed by atoms with Crippen molar-refractivity contribution < 1.29 is 13.9 Å². The normalized spacial score (nSPS) is 12.5. The van der Waals surface area contributed by atoms with Crippen LogP contribution in [0.25, 0.3) is 17.4 Å². The van der Waals surface area contributed by atoms with E-state index >= 15 is 0 Å². The Balaban J connectivity index is 1.52. The second kappa shape index (κ2) is 8.18. The number of amides is 1. The largest absolute Gasteiger partial charge is 0.494 e. The van der Waals surface area contributed by atoms with Crippen LogP contribution in [0.3, 0.4) is 0 Å². The third-order valence-electron chi connectivity index (χ3n) is 5.28. The van der Waals surface area contributed by atoms with Crippen LogP contribution < -0.4 is 15.6 Å². The summed E-state index contributed by atoms with van der Waals surface area (Å²) in [5.74, 6) is 1.49. The van der Waals surface area contributed by atoms with Gasteiger partial charge < -0.3 is 14.5 Å². The molecule has 1 aliphatic rings. The number of fused-ring (bicyclic) bond motifs is 1. The van der Waals surface area contributed by atoms with Gasteiger partial charge in [-0.2, -0.15) is 9.78 Å². The van der Waals surface area contributed by atoms with Crippen LogP contribution in [0.15, 0.2) is 57.9 Å². The van der Waals surface area contributed by atoms with Gasteiger partial charge in [-0.1, -0.05) is 0 Å². The van der Waals surface area contributed by atoms with Crippen LogP contribution in [0.1, 0.15) is 35.0 Å². The van der Waals surface area contributed by atoms with Gasteiger partial charge in [-0.25, -0.2) is 4.98 Å². The molecule has 32 heavy (non-hydrogen) atoms. The van der Waals surface area contributed by atoms with Gasteiger partial charge in [0.15, 0.2) is 5.76 Å². The lowest BCUT2D eigenvalue weighted by atomic mass is 10.2. The number of nitrogens with one attached hydrogen (secondary N) is 2. The van der Waals surface area contributed by atoms with Gasteiger partial charge in [0.1, 0.15) is 17.3 Å². The minimum atomic E-state index is -0.330. The van der Waals surface area contributed by atoms with Gasteiger partial charge in [-0.15, -0.1) is 0 Å². The molecule has 9 heteroatoms. The Kier molecular flexibility index (Phi) is 5.06. The lowest BCUT2D eigenvalue weighted by Crippen LogP contribution is -2.21. The number of hydrogen-bond acceptors (Lipinski definition) is 6. The maximum atomic E-state index is 12.9. The Morgan fingerprint density at radius 2 is 2.09 bits per heavy atom. The Morgan fingerprint density at radius 1 is 1.25 bits per heavy atom. The standard InChI is InChI=1S/C23H21N5O4/c1-2-31-15-10-8-14(9-11-15)21(29)25-20-13-18(19-7-4-12-32-19)27-28(20)23-24-17-6-3-5-16(17)22(30)26-23/h4,7-13H,2-3,5-6H2,1H3,(H,25,29)(H,24,26,30). The highest BCUT2D eigenvalue weighted by Crippen LogP contribution is 2.25. The first-order chi connectivity index (χ1) is 15.6. The third-order valence-corrected chi connectivity index (χ3v) is 5.28. The predicted octanol–water partition coefficient (Wildman–Crippen LogP) is 3.36. The van der Waals surface area contributed by atoms with Crippen molar-refractivity contribution in [1.82, 2.24) is 19.7 Å². The van der Waals surface area contributed by atoms with Gasteiger partial charge in [-0.05, 0) is 62.6 Å². The molecule has 0 bridgehead atoms. The lowest BCUT2D eigenvalue weighted by Gasteiger charge is -2.10. The molecule has 1 amide bonds. The molecular formula is C23H21N5O4. The number of benzene rings is 1. The van der Waals surface area contributed by atoms with E-state index in [1.54, 1.807) is 48.7 Å². The Hall–Kier alpha value is -4.14. The van der Waals surface area contributed by atoms with Crippen LogP contribution in [0.5, 0.6) is 5.75 Å². The fourth-order valence-electron chi connectivity index (χ4n) is 3.76. The second-order valence-electron chi connectivity index (χ2n) is 7.38. The SMILES string of the molecule is CCOc1ccc(C(=O)Nc2cc(-c3ccco3)nn2-c2nc3c(c(=O)[nH]2)CCC3)cc1. The van der Waals surface area contributed by atoms with Gasteiger partial charge in [0, 0.05) is 17.2 Å². The number of H-pyrrole nitrogens is 1. The van der Waals surface area contributed by atoms with E-state index in [0.717, 1.165) is 25.0 Å². The Labute approximate surface area is 183 Å². The van der Waals surface area contributed by atoms with Gasteiger partial charge in [0.05, 0.1) is 18.6 Å². The summed E-state index contributed by atoms with van der Waals surface area (Å²) in [4.78, 5) is 32.8. The molecule has 162 valence electrons. The average Bonchev–Trinajstić information content (AvgIpc) is 3.55. The van der Waals surface area contributed by atoms with Crippen molar-refractivity contribution in [3.8, 4) is 23.2 Å². The molecule has 3 heterocycles. The summed E-state index contributed by atoms with van der Waals surface area (Å²) in [6, 6.07) is 12.0. The van der Waals surface area contributed by atoms with E-state index < -0.39 is 0 Å². The molecule has 3 aromatic heterocycles. The quantitative estimate of drug-likeness (QED) is 0.484. The highest BCUT2D eigenvalue weighted by atomic mass is 16.5. The smallest absolute Gasteiger partial charge is 0.256 e. The molecule has 0 fully saturated rings. The maximum Gasteiger partial charge on any atom is 0.256 e. The third kappa shape index (κ3) is 3.68. The van der Waals surface area contributed by atoms with Crippen LogP contribution in [0, 0.1) is 0 Å². The van der Waals surface area contributed by atoms with Gasteiger partial charge >= 0.3 is 0 Å². The minimum absolute atomic E-state index is 0.179. The molecule has 0 radical (unpaired) electrons.